The monoisotopic (exact) mass is 389 g/mol. The van der Waals surface area contributed by atoms with Gasteiger partial charge in [0.2, 0.25) is 5.13 Å². The second kappa shape index (κ2) is 8.11. The Bertz CT molecular complexity index is 952. The molecule has 0 unspecified atom stereocenters. The van der Waals surface area contributed by atoms with Crippen molar-refractivity contribution in [2.24, 2.45) is 0 Å². The third-order valence-electron chi connectivity index (χ3n) is 3.67. The molecule has 0 N–H and O–H groups in total. The van der Waals surface area contributed by atoms with E-state index in [2.05, 4.69) is 24.5 Å². The smallest absolute Gasteiger partial charge is 0.330 e. The van der Waals surface area contributed by atoms with E-state index in [1.54, 1.807) is 23.7 Å². The molecule has 0 spiro atoms. The summed E-state index contributed by atoms with van der Waals surface area (Å²) in [6.45, 7) is 2.12. The first-order chi connectivity index (χ1) is 12.6. The number of hydrogen-bond acceptors (Lipinski definition) is 9. The Morgan fingerprint density at radius 3 is 2.85 bits per heavy atom. The Morgan fingerprint density at radius 1 is 1.31 bits per heavy atom. The Hall–Kier alpha value is -2.72. The van der Waals surface area contributed by atoms with Gasteiger partial charge in [-0.25, -0.2) is 4.79 Å². The molecular weight excluding hydrogens is 374 g/mol. The predicted molar refractivity (Wildman–Crippen MR) is 99.4 cm³/mol. The molecule has 8 nitrogen and oxygen atoms in total. The van der Waals surface area contributed by atoms with Crippen molar-refractivity contribution in [1.82, 2.24) is 19.8 Å². The maximum atomic E-state index is 13.2. The fourth-order valence-corrected chi connectivity index (χ4v) is 3.54. The summed E-state index contributed by atoms with van der Waals surface area (Å²) in [6, 6.07) is 5.30. The molecule has 0 aliphatic carbocycles. The summed E-state index contributed by atoms with van der Waals surface area (Å²) >= 11 is 2.42. The summed E-state index contributed by atoms with van der Waals surface area (Å²) < 4.78 is 9.32. The molecule has 3 aromatic rings. The van der Waals surface area contributed by atoms with Crippen LogP contribution in [0.5, 0.6) is 0 Å². The second-order valence-corrected chi connectivity index (χ2v) is 6.78. The number of aromatic nitrogens is 4. The zero-order valence-corrected chi connectivity index (χ0v) is 15.7. The molecule has 1 amide bonds. The zero-order valence-electron chi connectivity index (χ0n) is 14.1. The van der Waals surface area contributed by atoms with E-state index in [0.717, 1.165) is 5.57 Å². The van der Waals surface area contributed by atoms with Crippen LogP contribution < -0.4 is 4.90 Å². The van der Waals surface area contributed by atoms with E-state index in [-0.39, 0.29) is 12.5 Å². The van der Waals surface area contributed by atoms with Crippen molar-refractivity contribution in [2.75, 3.05) is 18.6 Å². The molecule has 0 fully saturated rings. The summed E-state index contributed by atoms with van der Waals surface area (Å²) in [5, 5.41) is 12.3. The number of methoxy groups -OCH3 is 1. The van der Waals surface area contributed by atoms with Crippen LogP contribution in [0.3, 0.4) is 0 Å². The average molecular weight is 389 g/mol. The highest BCUT2D eigenvalue weighted by Gasteiger charge is 2.24. The first-order valence-corrected chi connectivity index (χ1v) is 9.35. The van der Waals surface area contributed by atoms with Crippen molar-refractivity contribution in [3.63, 3.8) is 0 Å². The van der Waals surface area contributed by atoms with Crippen LogP contribution in [0.25, 0.3) is 10.2 Å². The van der Waals surface area contributed by atoms with Crippen molar-refractivity contribution in [2.45, 2.75) is 13.3 Å². The lowest BCUT2D eigenvalue weighted by atomic mass is 10.1. The molecule has 0 saturated heterocycles. The van der Waals surface area contributed by atoms with E-state index < -0.39 is 5.97 Å². The van der Waals surface area contributed by atoms with Gasteiger partial charge < -0.3 is 4.74 Å². The molecular formula is C16H15N5O3S2. The van der Waals surface area contributed by atoms with Crippen LogP contribution in [0, 0.1) is 0 Å². The van der Waals surface area contributed by atoms with Crippen molar-refractivity contribution in [3.05, 3.63) is 40.9 Å². The lowest BCUT2D eigenvalue weighted by Gasteiger charge is -2.21. The maximum Gasteiger partial charge on any atom is 0.330 e. The third-order valence-corrected chi connectivity index (χ3v) is 5.16. The van der Waals surface area contributed by atoms with Crippen molar-refractivity contribution < 1.29 is 14.3 Å². The predicted octanol–water partition coefficient (Wildman–Crippen LogP) is 2.70. The molecule has 0 bridgehead atoms. The van der Waals surface area contributed by atoms with E-state index in [4.69, 9.17) is 0 Å². The van der Waals surface area contributed by atoms with Crippen molar-refractivity contribution in [3.8, 4) is 0 Å². The average Bonchev–Trinajstić information content (AvgIpc) is 3.35. The number of ether oxygens (including phenoxy) is 1. The minimum atomic E-state index is -0.458. The SMILES string of the molecule is CCC(=CC(=O)OC)CN(C(=O)c1cccc2nnsc12)c1nncs1. The van der Waals surface area contributed by atoms with Gasteiger partial charge >= 0.3 is 5.97 Å². The number of hydrogen-bond donors (Lipinski definition) is 0. The summed E-state index contributed by atoms with van der Waals surface area (Å²) in [6.07, 6.45) is 1.99. The van der Waals surface area contributed by atoms with Gasteiger partial charge in [0.1, 0.15) is 11.0 Å². The minimum Gasteiger partial charge on any atom is -0.466 e. The van der Waals surface area contributed by atoms with Crippen LogP contribution in [0.4, 0.5) is 5.13 Å². The topological polar surface area (TPSA) is 98.2 Å². The molecule has 0 saturated carbocycles. The highest BCUT2D eigenvalue weighted by Crippen LogP contribution is 2.26. The van der Waals surface area contributed by atoms with E-state index >= 15 is 0 Å². The lowest BCUT2D eigenvalue weighted by Crippen LogP contribution is -2.33. The first-order valence-electron chi connectivity index (χ1n) is 7.70. The van der Waals surface area contributed by atoms with E-state index in [9.17, 15) is 9.59 Å². The fourth-order valence-electron chi connectivity index (χ4n) is 2.32. The van der Waals surface area contributed by atoms with Crippen LogP contribution in [0.15, 0.2) is 35.4 Å². The highest BCUT2D eigenvalue weighted by molar-refractivity contribution is 7.14. The number of rotatable bonds is 6. The largest absolute Gasteiger partial charge is 0.466 e. The van der Waals surface area contributed by atoms with E-state index in [1.165, 1.54) is 41.0 Å². The van der Waals surface area contributed by atoms with Gasteiger partial charge in [0.25, 0.3) is 5.91 Å². The molecule has 10 heteroatoms. The first kappa shape index (κ1) is 18.1. The minimum absolute atomic E-state index is 0.211. The molecule has 134 valence electrons. The van der Waals surface area contributed by atoms with Gasteiger partial charge in [-0.15, -0.1) is 15.3 Å². The van der Waals surface area contributed by atoms with Gasteiger partial charge in [-0.3, -0.25) is 9.69 Å². The number of anilines is 1. The van der Waals surface area contributed by atoms with Crippen molar-refractivity contribution in [1.29, 1.82) is 0 Å². The number of benzene rings is 1. The van der Waals surface area contributed by atoms with Crippen molar-refractivity contribution >= 4 is 50.1 Å². The molecule has 1 aromatic carbocycles. The van der Waals surface area contributed by atoms with Crippen LogP contribution in [0.1, 0.15) is 23.7 Å². The number of carbonyl (C=O) groups excluding carboxylic acids is 2. The van der Waals surface area contributed by atoms with E-state index in [0.29, 0.717) is 27.3 Å². The van der Waals surface area contributed by atoms with Gasteiger partial charge in [-0.2, -0.15) is 0 Å². The van der Waals surface area contributed by atoms with Gasteiger partial charge in [-0.1, -0.05) is 28.8 Å². The fraction of sp³-hybridized carbons (Fsp3) is 0.250. The number of esters is 1. The Kier molecular flexibility index (Phi) is 5.64. The summed E-state index contributed by atoms with van der Waals surface area (Å²) in [5.74, 6) is -0.706. The van der Waals surface area contributed by atoms with Crippen LogP contribution in [-0.2, 0) is 9.53 Å². The van der Waals surface area contributed by atoms with Gasteiger partial charge in [0.05, 0.1) is 23.9 Å². The van der Waals surface area contributed by atoms with E-state index in [1.807, 2.05) is 6.92 Å². The molecule has 0 aliphatic rings. The standard InChI is InChI=1S/C16H15N5O3S2/c1-3-10(7-13(22)24-2)8-21(16-19-17-9-25-16)15(23)11-5-4-6-12-14(11)26-20-18-12/h4-7,9H,3,8H2,1-2H3. The number of fused-ring (bicyclic) bond motifs is 1. The normalized spacial score (nSPS) is 11.5. The van der Waals surface area contributed by atoms with Gasteiger partial charge in [-0.05, 0) is 35.7 Å². The summed E-state index contributed by atoms with van der Waals surface area (Å²) in [4.78, 5) is 26.3. The lowest BCUT2D eigenvalue weighted by molar-refractivity contribution is -0.134. The Morgan fingerprint density at radius 2 is 2.15 bits per heavy atom. The quantitative estimate of drug-likeness (QED) is 0.472. The molecule has 0 radical (unpaired) electrons. The zero-order chi connectivity index (χ0) is 18.5. The Balaban J connectivity index is 1.99. The molecule has 0 atom stereocenters. The molecule has 2 aromatic heterocycles. The molecule has 26 heavy (non-hydrogen) atoms. The number of carbonyl (C=O) groups is 2. The van der Waals surface area contributed by atoms with Crippen LogP contribution >= 0.6 is 22.9 Å². The number of nitrogens with zero attached hydrogens (tertiary/aromatic N) is 5. The summed E-state index contributed by atoms with van der Waals surface area (Å²) in [7, 11) is 1.32. The maximum absolute atomic E-state index is 13.2. The molecule has 3 rings (SSSR count). The summed E-state index contributed by atoms with van der Waals surface area (Å²) in [5.41, 5.74) is 3.45. The second-order valence-electron chi connectivity index (χ2n) is 5.22. The molecule has 0 aliphatic heterocycles. The Labute approximate surface area is 157 Å². The van der Waals surface area contributed by atoms with Gasteiger partial charge in [0.15, 0.2) is 0 Å². The van der Waals surface area contributed by atoms with Crippen LogP contribution in [-0.4, -0.2) is 45.3 Å². The highest BCUT2D eigenvalue weighted by atomic mass is 32.1. The molecule has 2 heterocycles. The van der Waals surface area contributed by atoms with Crippen LogP contribution in [0.2, 0.25) is 0 Å². The number of amides is 1. The third kappa shape index (κ3) is 3.75. The van der Waals surface area contributed by atoms with Gasteiger partial charge in [0, 0.05) is 6.08 Å².